The van der Waals surface area contributed by atoms with Crippen molar-refractivity contribution in [3.05, 3.63) is 18.2 Å². The molecule has 2 rings (SSSR count). The average Bonchev–Trinajstić information content (AvgIpc) is 3.53. The topological polar surface area (TPSA) is 165 Å². The van der Waals surface area contributed by atoms with Crippen LogP contribution in [0.3, 0.4) is 0 Å². The summed E-state index contributed by atoms with van der Waals surface area (Å²) in [6, 6.07) is -3.28. The minimum absolute atomic E-state index is 0.0950. The van der Waals surface area contributed by atoms with Gasteiger partial charge in [0.05, 0.1) is 12.4 Å². The van der Waals surface area contributed by atoms with E-state index < -0.39 is 35.9 Å². The number of carbonyl (C=O) groups is 4. The molecule has 5 atom stereocenters. The Bertz CT molecular complexity index is 815. The van der Waals surface area contributed by atoms with E-state index in [1.807, 2.05) is 20.1 Å². The lowest BCUT2D eigenvalue weighted by molar-refractivity contribution is -0.142. The Morgan fingerprint density at radius 2 is 1.94 bits per heavy atom. The minimum atomic E-state index is -1.14. The van der Waals surface area contributed by atoms with E-state index >= 15 is 0 Å². The number of carboxylic acid groups (broad SMARTS) is 1. The second-order valence-corrected chi connectivity index (χ2v) is 9.53. The molecule has 1 fully saturated rings. The normalized spacial score (nSPS) is 19.0. The summed E-state index contributed by atoms with van der Waals surface area (Å²) in [4.78, 5) is 57.4. The second-order valence-electron chi connectivity index (χ2n) is 8.54. The van der Waals surface area contributed by atoms with E-state index in [0.717, 1.165) is 13.0 Å². The van der Waals surface area contributed by atoms with Gasteiger partial charge >= 0.3 is 5.97 Å². The number of hydrogen-bond acceptors (Lipinski definition) is 7. The highest BCUT2D eigenvalue weighted by atomic mass is 32.2. The van der Waals surface area contributed by atoms with Crippen LogP contribution in [-0.4, -0.2) is 81.5 Å². The van der Waals surface area contributed by atoms with E-state index in [4.69, 9.17) is 0 Å². The van der Waals surface area contributed by atoms with Gasteiger partial charge in [-0.1, -0.05) is 20.3 Å². The Labute approximate surface area is 204 Å². The summed E-state index contributed by atoms with van der Waals surface area (Å²) in [5.74, 6) is -2.08. The molecular formula is C22H36N6O5S. The lowest BCUT2D eigenvalue weighted by atomic mass is 9.97. The van der Waals surface area contributed by atoms with Crippen molar-refractivity contribution in [2.75, 3.05) is 18.6 Å². The van der Waals surface area contributed by atoms with Crippen LogP contribution in [0.2, 0.25) is 0 Å². The summed E-state index contributed by atoms with van der Waals surface area (Å²) in [7, 11) is 0. The van der Waals surface area contributed by atoms with Crippen LogP contribution in [0.5, 0.6) is 0 Å². The third-order valence-electron chi connectivity index (χ3n) is 6.01. The van der Waals surface area contributed by atoms with Crippen molar-refractivity contribution in [1.82, 2.24) is 31.2 Å². The van der Waals surface area contributed by atoms with Crippen molar-refractivity contribution >= 4 is 35.5 Å². The number of aliphatic carboxylic acids is 1. The van der Waals surface area contributed by atoms with Gasteiger partial charge in [-0.3, -0.25) is 14.4 Å². The van der Waals surface area contributed by atoms with Crippen molar-refractivity contribution in [2.24, 2.45) is 5.92 Å². The molecule has 1 aromatic heterocycles. The molecule has 0 saturated carbocycles. The quantitative estimate of drug-likeness (QED) is 0.210. The first kappa shape index (κ1) is 27.6. The highest BCUT2D eigenvalue weighted by Crippen LogP contribution is 2.12. The second kappa shape index (κ2) is 14.0. The van der Waals surface area contributed by atoms with Crippen LogP contribution < -0.4 is 21.3 Å². The van der Waals surface area contributed by atoms with E-state index in [0.29, 0.717) is 24.3 Å². The van der Waals surface area contributed by atoms with Crippen molar-refractivity contribution < 1.29 is 24.3 Å². The van der Waals surface area contributed by atoms with Gasteiger partial charge < -0.3 is 31.4 Å². The molecular weight excluding hydrogens is 460 g/mol. The Kier molecular flexibility index (Phi) is 11.3. The fourth-order valence-electron chi connectivity index (χ4n) is 3.72. The zero-order valence-corrected chi connectivity index (χ0v) is 20.7. The number of thioether (sulfide) groups is 1. The molecule has 34 heavy (non-hydrogen) atoms. The molecule has 1 aliphatic rings. The largest absolute Gasteiger partial charge is 0.480 e. The average molecular weight is 497 g/mol. The molecule has 12 heteroatoms. The number of rotatable bonds is 14. The molecule has 0 aliphatic carbocycles. The maximum atomic E-state index is 13.3. The predicted octanol–water partition coefficient (Wildman–Crippen LogP) is 0.0424. The van der Waals surface area contributed by atoms with E-state index in [-0.39, 0.29) is 30.7 Å². The van der Waals surface area contributed by atoms with Gasteiger partial charge in [0.15, 0.2) is 0 Å². The van der Waals surface area contributed by atoms with Crippen LogP contribution in [0.25, 0.3) is 0 Å². The lowest BCUT2D eigenvalue weighted by Gasteiger charge is -2.28. The number of H-pyrrole nitrogens is 1. The van der Waals surface area contributed by atoms with Crippen molar-refractivity contribution in [1.29, 1.82) is 0 Å². The van der Waals surface area contributed by atoms with E-state index in [2.05, 4.69) is 31.2 Å². The number of nitrogens with zero attached hydrogens (tertiary/aromatic N) is 1. The number of aromatic amines is 1. The number of aromatic nitrogens is 2. The molecule has 0 spiro atoms. The number of hydrogen-bond donors (Lipinski definition) is 6. The maximum Gasteiger partial charge on any atom is 0.326 e. The number of carboxylic acids is 1. The number of nitrogens with one attached hydrogen (secondary N) is 5. The monoisotopic (exact) mass is 496 g/mol. The van der Waals surface area contributed by atoms with Gasteiger partial charge in [-0.15, -0.1) is 0 Å². The molecule has 11 nitrogen and oxygen atoms in total. The zero-order chi connectivity index (χ0) is 25.1. The molecule has 0 bridgehead atoms. The van der Waals surface area contributed by atoms with Gasteiger partial charge in [0.1, 0.15) is 18.1 Å². The summed E-state index contributed by atoms with van der Waals surface area (Å²) in [6.45, 7) is 4.54. The molecule has 0 radical (unpaired) electrons. The molecule has 2 heterocycles. The van der Waals surface area contributed by atoms with Crippen molar-refractivity contribution in [2.45, 2.75) is 70.1 Å². The van der Waals surface area contributed by atoms with Gasteiger partial charge in [0.2, 0.25) is 17.7 Å². The highest BCUT2D eigenvalue weighted by Gasteiger charge is 2.33. The Balaban J connectivity index is 2.16. The first-order valence-corrected chi connectivity index (χ1v) is 13.0. The standard InChI is InChI=1S/C22H36N6O5S/c1-4-13(2)18(28-19(29)15-6-5-8-24-15)21(31)27-17(10-14-11-23-12-25-14)20(30)26-16(22(32)33)7-9-34-3/h11-13,15-18,24H,4-10H2,1-3H3,(H,23,25)(H,26,30)(H,27,31)(H,28,29)(H,32,33). The van der Waals surface area contributed by atoms with Crippen molar-refractivity contribution in [3.63, 3.8) is 0 Å². The molecule has 1 aliphatic heterocycles. The third-order valence-corrected chi connectivity index (χ3v) is 6.65. The van der Waals surface area contributed by atoms with E-state index in [9.17, 15) is 24.3 Å². The summed E-state index contributed by atoms with van der Waals surface area (Å²) in [5.41, 5.74) is 0.607. The molecule has 3 amide bonds. The number of amides is 3. The first-order chi connectivity index (χ1) is 16.3. The molecule has 0 aromatic carbocycles. The molecule has 190 valence electrons. The fourth-order valence-corrected chi connectivity index (χ4v) is 4.19. The lowest BCUT2D eigenvalue weighted by Crippen LogP contribution is -2.59. The van der Waals surface area contributed by atoms with E-state index in [1.165, 1.54) is 24.3 Å². The van der Waals surface area contributed by atoms with Gasteiger partial charge in [-0.05, 0) is 43.7 Å². The SMILES string of the molecule is CCC(C)C(NC(=O)C1CCCN1)C(=O)NC(Cc1cnc[nH]1)C(=O)NC(CCSC)C(=O)O. The Morgan fingerprint density at radius 1 is 1.21 bits per heavy atom. The van der Waals surface area contributed by atoms with Crippen LogP contribution in [0.4, 0.5) is 0 Å². The van der Waals surface area contributed by atoms with Crippen molar-refractivity contribution in [3.8, 4) is 0 Å². The van der Waals surface area contributed by atoms with Gasteiger partial charge in [-0.2, -0.15) is 11.8 Å². The number of carbonyl (C=O) groups excluding carboxylic acids is 3. The Hall–Kier alpha value is -2.60. The maximum absolute atomic E-state index is 13.3. The van der Waals surface area contributed by atoms with Crippen LogP contribution in [-0.2, 0) is 25.6 Å². The minimum Gasteiger partial charge on any atom is -0.480 e. The van der Waals surface area contributed by atoms with E-state index in [1.54, 1.807) is 0 Å². The number of imidazole rings is 1. The smallest absolute Gasteiger partial charge is 0.326 e. The molecule has 1 saturated heterocycles. The van der Waals surface area contributed by atoms with Crippen LogP contribution in [0, 0.1) is 5.92 Å². The fraction of sp³-hybridized carbons (Fsp3) is 0.682. The summed E-state index contributed by atoms with van der Waals surface area (Å²) >= 11 is 1.48. The predicted molar refractivity (Wildman–Crippen MR) is 129 cm³/mol. The van der Waals surface area contributed by atoms with Crippen LogP contribution in [0.1, 0.15) is 45.2 Å². The zero-order valence-electron chi connectivity index (χ0n) is 19.9. The third kappa shape index (κ3) is 8.32. The summed E-state index contributed by atoms with van der Waals surface area (Å²) in [5, 5.41) is 20.7. The van der Waals surface area contributed by atoms with Gasteiger partial charge in [0.25, 0.3) is 0 Å². The first-order valence-electron chi connectivity index (χ1n) is 11.6. The Morgan fingerprint density at radius 3 is 2.50 bits per heavy atom. The van der Waals surface area contributed by atoms with Gasteiger partial charge in [0, 0.05) is 18.3 Å². The molecule has 1 aromatic rings. The summed E-state index contributed by atoms with van der Waals surface area (Å²) < 4.78 is 0. The molecule has 5 unspecified atom stereocenters. The van der Waals surface area contributed by atoms with Gasteiger partial charge in [-0.25, -0.2) is 9.78 Å². The summed E-state index contributed by atoms with van der Waals surface area (Å²) in [6.07, 6.45) is 7.45. The van der Waals surface area contributed by atoms with Crippen LogP contribution in [0.15, 0.2) is 12.5 Å². The van der Waals surface area contributed by atoms with Crippen LogP contribution >= 0.6 is 11.8 Å². The molecule has 6 N–H and O–H groups in total. The highest BCUT2D eigenvalue weighted by molar-refractivity contribution is 7.98.